The summed E-state index contributed by atoms with van der Waals surface area (Å²) >= 11 is 0. The SMILES string of the molecule is CCCCCCCC(C)N(C)C(C)(C)C(=O)O. The molecule has 0 rings (SSSR count). The Bertz CT molecular complexity index is 226. The van der Waals surface area contributed by atoms with Gasteiger partial charge >= 0.3 is 5.97 Å². The van der Waals surface area contributed by atoms with Crippen molar-refractivity contribution in [3.05, 3.63) is 0 Å². The topological polar surface area (TPSA) is 40.5 Å². The highest BCUT2D eigenvalue weighted by Crippen LogP contribution is 2.19. The smallest absolute Gasteiger partial charge is 0.323 e. The Balaban J connectivity index is 3.97. The van der Waals surface area contributed by atoms with Crippen molar-refractivity contribution < 1.29 is 9.90 Å². The quantitative estimate of drug-likeness (QED) is 0.630. The number of unbranched alkanes of at least 4 members (excludes halogenated alkanes) is 4. The van der Waals surface area contributed by atoms with E-state index in [1.165, 1.54) is 32.1 Å². The van der Waals surface area contributed by atoms with Crippen LogP contribution < -0.4 is 0 Å². The molecule has 102 valence electrons. The summed E-state index contributed by atoms with van der Waals surface area (Å²) in [4.78, 5) is 13.1. The zero-order valence-electron chi connectivity index (χ0n) is 12.1. The third-order valence-electron chi connectivity index (χ3n) is 3.79. The number of carboxylic acid groups (broad SMARTS) is 1. The van der Waals surface area contributed by atoms with Crippen LogP contribution in [0, 0.1) is 0 Å². The summed E-state index contributed by atoms with van der Waals surface area (Å²) in [5.74, 6) is -0.752. The van der Waals surface area contributed by atoms with Crippen molar-refractivity contribution in [2.75, 3.05) is 7.05 Å². The lowest BCUT2D eigenvalue weighted by Gasteiger charge is -2.36. The average molecular weight is 243 g/mol. The number of aliphatic carboxylic acids is 1. The van der Waals surface area contributed by atoms with E-state index < -0.39 is 11.5 Å². The van der Waals surface area contributed by atoms with Gasteiger partial charge in [-0.1, -0.05) is 39.0 Å². The molecule has 0 aliphatic rings. The van der Waals surface area contributed by atoms with Gasteiger partial charge in [0.1, 0.15) is 5.54 Å². The summed E-state index contributed by atoms with van der Waals surface area (Å²) < 4.78 is 0. The van der Waals surface area contributed by atoms with Crippen LogP contribution in [-0.4, -0.2) is 34.6 Å². The van der Waals surface area contributed by atoms with Crippen molar-refractivity contribution in [1.82, 2.24) is 4.90 Å². The first-order valence-electron chi connectivity index (χ1n) is 6.80. The molecule has 0 bridgehead atoms. The molecule has 0 aliphatic carbocycles. The number of carbonyl (C=O) groups is 1. The zero-order valence-corrected chi connectivity index (χ0v) is 12.1. The standard InChI is InChI=1S/C14H29NO2/c1-6-7-8-9-10-11-12(2)15(5)14(3,4)13(16)17/h12H,6-11H2,1-5H3,(H,16,17). The molecule has 1 atom stereocenters. The molecule has 3 heteroatoms. The first-order chi connectivity index (χ1) is 7.84. The summed E-state index contributed by atoms with van der Waals surface area (Å²) in [7, 11) is 1.91. The van der Waals surface area contributed by atoms with Gasteiger partial charge in [-0.15, -0.1) is 0 Å². The summed E-state index contributed by atoms with van der Waals surface area (Å²) in [5.41, 5.74) is -0.775. The van der Waals surface area contributed by atoms with Crippen LogP contribution in [0.15, 0.2) is 0 Å². The molecule has 17 heavy (non-hydrogen) atoms. The zero-order chi connectivity index (χ0) is 13.5. The van der Waals surface area contributed by atoms with Crippen molar-refractivity contribution >= 4 is 5.97 Å². The number of hydrogen-bond acceptors (Lipinski definition) is 2. The lowest BCUT2D eigenvalue weighted by molar-refractivity contribution is -0.149. The van der Waals surface area contributed by atoms with E-state index in [1.807, 2.05) is 11.9 Å². The molecule has 0 amide bonds. The van der Waals surface area contributed by atoms with Gasteiger partial charge in [-0.05, 0) is 34.2 Å². The van der Waals surface area contributed by atoms with E-state index in [0.717, 1.165) is 6.42 Å². The van der Waals surface area contributed by atoms with E-state index in [4.69, 9.17) is 5.11 Å². The van der Waals surface area contributed by atoms with Gasteiger partial charge in [0.15, 0.2) is 0 Å². The molecule has 0 aromatic heterocycles. The largest absolute Gasteiger partial charge is 0.480 e. The molecule has 0 aromatic rings. The van der Waals surface area contributed by atoms with Crippen molar-refractivity contribution in [2.45, 2.75) is 77.8 Å². The Hall–Kier alpha value is -0.570. The molecule has 3 nitrogen and oxygen atoms in total. The molecular formula is C14H29NO2. The second-order valence-electron chi connectivity index (χ2n) is 5.53. The molecule has 0 radical (unpaired) electrons. The monoisotopic (exact) mass is 243 g/mol. The Morgan fingerprint density at radius 2 is 1.76 bits per heavy atom. The highest BCUT2D eigenvalue weighted by Gasteiger charge is 2.34. The van der Waals surface area contributed by atoms with Crippen LogP contribution in [0.25, 0.3) is 0 Å². The molecule has 0 spiro atoms. The lowest BCUT2D eigenvalue weighted by Crippen LogP contribution is -2.51. The minimum Gasteiger partial charge on any atom is -0.480 e. The van der Waals surface area contributed by atoms with Gasteiger partial charge in [-0.3, -0.25) is 9.69 Å². The van der Waals surface area contributed by atoms with Crippen LogP contribution in [-0.2, 0) is 4.79 Å². The Kier molecular flexibility index (Phi) is 7.44. The Morgan fingerprint density at radius 1 is 1.24 bits per heavy atom. The van der Waals surface area contributed by atoms with Crippen molar-refractivity contribution in [3.63, 3.8) is 0 Å². The molecule has 0 aliphatic heterocycles. The van der Waals surface area contributed by atoms with Gasteiger partial charge < -0.3 is 5.11 Å². The van der Waals surface area contributed by atoms with Crippen LogP contribution in [0.3, 0.4) is 0 Å². The molecular weight excluding hydrogens is 214 g/mol. The molecule has 0 saturated heterocycles. The van der Waals surface area contributed by atoms with Gasteiger partial charge in [-0.2, -0.15) is 0 Å². The maximum absolute atomic E-state index is 11.1. The fourth-order valence-electron chi connectivity index (χ4n) is 1.94. The second kappa shape index (κ2) is 7.70. The van der Waals surface area contributed by atoms with Crippen LogP contribution in [0.5, 0.6) is 0 Å². The summed E-state index contributed by atoms with van der Waals surface area (Å²) in [6.07, 6.45) is 7.42. The van der Waals surface area contributed by atoms with E-state index in [-0.39, 0.29) is 0 Å². The first kappa shape index (κ1) is 16.4. The number of carboxylic acids is 1. The van der Waals surface area contributed by atoms with Crippen LogP contribution in [0.2, 0.25) is 0 Å². The lowest BCUT2D eigenvalue weighted by atomic mass is 9.99. The Labute approximate surface area is 106 Å². The van der Waals surface area contributed by atoms with Crippen LogP contribution in [0.4, 0.5) is 0 Å². The maximum atomic E-state index is 11.1. The van der Waals surface area contributed by atoms with Gasteiger partial charge in [0.05, 0.1) is 0 Å². The van der Waals surface area contributed by atoms with Crippen molar-refractivity contribution in [3.8, 4) is 0 Å². The molecule has 0 saturated carbocycles. The van der Waals surface area contributed by atoms with Crippen LogP contribution in [0.1, 0.15) is 66.2 Å². The number of rotatable bonds is 9. The summed E-state index contributed by atoms with van der Waals surface area (Å²) in [6, 6.07) is 0.322. The second-order valence-corrected chi connectivity index (χ2v) is 5.53. The minimum atomic E-state index is -0.775. The fourth-order valence-corrected chi connectivity index (χ4v) is 1.94. The van der Waals surface area contributed by atoms with Gasteiger partial charge in [0, 0.05) is 6.04 Å². The molecule has 1 N–H and O–H groups in total. The van der Waals surface area contributed by atoms with E-state index >= 15 is 0 Å². The van der Waals surface area contributed by atoms with Gasteiger partial charge in [0.2, 0.25) is 0 Å². The normalized spacial score (nSPS) is 14.0. The predicted octanol–water partition coefficient (Wildman–Crippen LogP) is 3.53. The number of likely N-dealkylation sites (N-methyl/N-ethyl adjacent to an activating group) is 1. The average Bonchev–Trinajstić information content (AvgIpc) is 2.27. The number of hydrogen-bond donors (Lipinski definition) is 1. The molecule has 0 heterocycles. The Morgan fingerprint density at radius 3 is 2.24 bits per heavy atom. The van der Waals surface area contributed by atoms with Crippen molar-refractivity contribution in [2.24, 2.45) is 0 Å². The molecule has 0 fully saturated rings. The third kappa shape index (κ3) is 5.53. The van der Waals surface area contributed by atoms with Gasteiger partial charge in [-0.25, -0.2) is 0 Å². The van der Waals surface area contributed by atoms with Crippen molar-refractivity contribution in [1.29, 1.82) is 0 Å². The third-order valence-corrected chi connectivity index (χ3v) is 3.79. The highest BCUT2D eigenvalue weighted by atomic mass is 16.4. The van der Waals surface area contributed by atoms with E-state index in [2.05, 4.69) is 13.8 Å². The van der Waals surface area contributed by atoms with Crippen LogP contribution >= 0.6 is 0 Å². The highest BCUT2D eigenvalue weighted by molar-refractivity contribution is 5.77. The van der Waals surface area contributed by atoms with E-state index in [0.29, 0.717) is 6.04 Å². The number of nitrogens with zero attached hydrogens (tertiary/aromatic N) is 1. The predicted molar refractivity (Wildman–Crippen MR) is 72.3 cm³/mol. The molecule has 0 aromatic carbocycles. The fraction of sp³-hybridized carbons (Fsp3) is 0.929. The summed E-state index contributed by atoms with van der Waals surface area (Å²) in [5, 5.41) is 9.16. The van der Waals surface area contributed by atoms with E-state index in [9.17, 15) is 4.79 Å². The van der Waals surface area contributed by atoms with E-state index in [1.54, 1.807) is 13.8 Å². The summed E-state index contributed by atoms with van der Waals surface area (Å²) in [6.45, 7) is 7.86. The first-order valence-corrected chi connectivity index (χ1v) is 6.80. The minimum absolute atomic E-state index is 0.322. The van der Waals surface area contributed by atoms with Gasteiger partial charge in [0.25, 0.3) is 0 Å². The maximum Gasteiger partial charge on any atom is 0.323 e. The molecule has 1 unspecified atom stereocenters.